The maximum absolute atomic E-state index is 6.08. The van der Waals surface area contributed by atoms with Crippen molar-refractivity contribution in [3.8, 4) is 11.1 Å². The molecule has 120 valence electrons. The van der Waals surface area contributed by atoms with Crippen LogP contribution in [0.15, 0.2) is 52.5 Å². The van der Waals surface area contributed by atoms with Gasteiger partial charge in [-0.05, 0) is 36.2 Å². The molecule has 0 aliphatic rings. The highest BCUT2D eigenvalue weighted by Crippen LogP contribution is 2.37. The molecule has 0 unspecified atom stereocenters. The van der Waals surface area contributed by atoms with Gasteiger partial charge < -0.3 is 9.73 Å². The number of thiophene rings is 1. The number of aromatic nitrogens is 2. The Morgan fingerprint density at radius 2 is 2.00 bits per heavy atom. The molecule has 4 rings (SSSR count). The van der Waals surface area contributed by atoms with Crippen LogP contribution < -0.4 is 5.32 Å². The molecule has 0 bridgehead atoms. The second kappa shape index (κ2) is 6.26. The average molecular weight is 356 g/mol. The number of halogens is 1. The topological polar surface area (TPSA) is 51.0 Å². The van der Waals surface area contributed by atoms with Crippen molar-refractivity contribution in [3.63, 3.8) is 0 Å². The molecule has 0 saturated carbocycles. The lowest BCUT2D eigenvalue weighted by atomic mass is 10.0. The molecule has 3 aromatic heterocycles. The first-order valence-corrected chi connectivity index (χ1v) is 8.74. The van der Waals surface area contributed by atoms with Crippen molar-refractivity contribution in [2.24, 2.45) is 0 Å². The number of nitrogens with one attached hydrogen (secondary N) is 1. The number of fused-ring (bicyclic) bond motifs is 1. The van der Waals surface area contributed by atoms with E-state index in [4.69, 9.17) is 16.0 Å². The van der Waals surface area contributed by atoms with Gasteiger partial charge in [0.25, 0.3) is 0 Å². The van der Waals surface area contributed by atoms with E-state index in [1.165, 1.54) is 5.56 Å². The molecule has 0 saturated heterocycles. The van der Waals surface area contributed by atoms with E-state index >= 15 is 0 Å². The van der Waals surface area contributed by atoms with Crippen LogP contribution in [0.2, 0.25) is 5.28 Å². The zero-order chi connectivity index (χ0) is 16.5. The molecule has 0 spiro atoms. The Morgan fingerprint density at radius 1 is 1.17 bits per heavy atom. The predicted octanol–water partition coefficient (Wildman–Crippen LogP) is 5.53. The van der Waals surface area contributed by atoms with E-state index < -0.39 is 0 Å². The summed E-state index contributed by atoms with van der Waals surface area (Å²) in [5.41, 5.74) is 3.47. The van der Waals surface area contributed by atoms with Gasteiger partial charge in [0.05, 0.1) is 18.2 Å². The smallest absolute Gasteiger partial charge is 0.225 e. The monoisotopic (exact) mass is 355 g/mol. The van der Waals surface area contributed by atoms with Gasteiger partial charge in [0.15, 0.2) is 0 Å². The standard InChI is InChI=1S/C18H14ClN3OS/c1-11-4-6-12(7-5-11)14-10-24-17-15(14)16(21-18(19)22-17)20-9-13-3-2-8-23-13/h2-8,10H,9H2,1H3,(H,20,21,22). The number of aryl methyl sites for hydroxylation is 1. The molecular weight excluding hydrogens is 342 g/mol. The second-order valence-corrected chi connectivity index (χ2v) is 6.67. The third-order valence-electron chi connectivity index (χ3n) is 3.78. The number of anilines is 1. The highest BCUT2D eigenvalue weighted by Gasteiger charge is 2.15. The Bertz CT molecular complexity index is 978. The molecule has 0 fully saturated rings. The van der Waals surface area contributed by atoms with Crippen LogP contribution in [0.25, 0.3) is 21.3 Å². The lowest BCUT2D eigenvalue weighted by Crippen LogP contribution is -2.02. The number of hydrogen-bond donors (Lipinski definition) is 1. The van der Waals surface area contributed by atoms with E-state index in [9.17, 15) is 0 Å². The minimum absolute atomic E-state index is 0.238. The van der Waals surface area contributed by atoms with Crippen molar-refractivity contribution in [1.29, 1.82) is 0 Å². The number of rotatable bonds is 4. The molecule has 0 aliphatic heterocycles. The predicted molar refractivity (Wildman–Crippen MR) is 98.6 cm³/mol. The maximum atomic E-state index is 6.08. The number of benzene rings is 1. The fourth-order valence-corrected chi connectivity index (χ4v) is 3.74. The van der Waals surface area contributed by atoms with Crippen LogP contribution >= 0.6 is 22.9 Å². The molecule has 6 heteroatoms. The Morgan fingerprint density at radius 3 is 2.75 bits per heavy atom. The van der Waals surface area contributed by atoms with E-state index in [0.29, 0.717) is 6.54 Å². The van der Waals surface area contributed by atoms with Crippen LogP contribution in [0.4, 0.5) is 5.82 Å². The molecule has 4 nitrogen and oxygen atoms in total. The van der Waals surface area contributed by atoms with Gasteiger partial charge in [0.2, 0.25) is 5.28 Å². The van der Waals surface area contributed by atoms with Crippen LogP contribution in [0.3, 0.4) is 0 Å². The molecule has 1 aromatic carbocycles. The van der Waals surface area contributed by atoms with E-state index in [-0.39, 0.29) is 5.28 Å². The fourth-order valence-electron chi connectivity index (χ4n) is 2.57. The van der Waals surface area contributed by atoms with Crippen LogP contribution in [-0.2, 0) is 6.54 Å². The van der Waals surface area contributed by atoms with E-state index in [2.05, 4.69) is 51.9 Å². The van der Waals surface area contributed by atoms with Gasteiger partial charge in [-0.25, -0.2) is 9.97 Å². The number of nitrogens with zero attached hydrogens (tertiary/aromatic N) is 2. The SMILES string of the molecule is Cc1ccc(-c2csc3nc(Cl)nc(NCc4ccco4)c23)cc1. The van der Waals surface area contributed by atoms with Crippen LogP contribution in [0, 0.1) is 6.92 Å². The normalized spacial score (nSPS) is 11.1. The third kappa shape index (κ3) is 2.88. The van der Waals surface area contributed by atoms with Crippen LogP contribution in [-0.4, -0.2) is 9.97 Å². The van der Waals surface area contributed by atoms with Crippen LogP contribution in [0.1, 0.15) is 11.3 Å². The van der Waals surface area contributed by atoms with Gasteiger partial charge in [0, 0.05) is 10.9 Å². The number of furan rings is 1. The Balaban J connectivity index is 1.79. The summed E-state index contributed by atoms with van der Waals surface area (Å²) < 4.78 is 5.37. The highest BCUT2D eigenvalue weighted by atomic mass is 35.5. The molecular formula is C18H14ClN3OS. The molecule has 0 amide bonds. The first kappa shape index (κ1) is 15.2. The summed E-state index contributed by atoms with van der Waals surface area (Å²) >= 11 is 7.65. The molecule has 3 heterocycles. The van der Waals surface area contributed by atoms with Crippen molar-refractivity contribution in [3.05, 3.63) is 64.6 Å². The minimum Gasteiger partial charge on any atom is -0.467 e. The molecule has 1 N–H and O–H groups in total. The summed E-state index contributed by atoms with van der Waals surface area (Å²) in [6.45, 7) is 2.62. The van der Waals surface area contributed by atoms with Crippen molar-refractivity contribution >= 4 is 39.0 Å². The quantitative estimate of drug-likeness (QED) is 0.489. The Kier molecular flexibility index (Phi) is 3.96. The third-order valence-corrected chi connectivity index (χ3v) is 4.82. The van der Waals surface area contributed by atoms with Crippen LogP contribution in [0.5, 0.6) is 0 Å². The van der Waals surface area contributed by atoms with Gasteiger partial charge >= 0.3 is 0 Å². The molecule has 4 aromatic rings. The summed E-state index contributed by atoms with van der Waals surface area (Å²) in [6.07, 6.45) is 1.65. The van der Waals surface area contributed by atoms with Gasteiger partial charge in [-0.15, -0.1) is 11.3 Å². The summed E-state index contributed by atoms with van der Waals surface area (Å²) in [7, 11) is 0. The molecule has 0 aliphatic carbocycles. The average Bonchev–Trinajstić information content (AvgIpc) is 3.22. The summed E-state index contributed by atoms with van der Waals surface area (Å²) in [5, 5.41) is 6.64. The van der Waals surface area contributed by atoms with E-state index in [1.807, 2.05) is 12.1 Å². The zero-order valence-corrected chi connectivity index (χ0v) is 14.5. The second-order valence-electron chi connectivity index (χ2n) is 5.47. The lowest BCUT2D eigenvalue weighted by molar-refractivity contribution is 0.518. The minimum atomic E-state index is 0.238. The van der Waals surface area contributed by atoms with Crippen molar-refractivity contribution < 1.29 is 4.42 Å². The summed E-state index contributed by atoms with van der Waals surface area (Å²) in [5.74, 6) is 1.56. The lowest BCUT2D eigenvalue weighted by Gasteiger charge is -2.08. The highest BCUT2D eigenvalue weighted by molar-refractivity contribution is 7.17. The van der Waals surface area contributed by atoms with Gasteiger partial charge in [0.1, 0.15) is 16.4 Å². The summed E-state index contributed by atoms with van der Waals surface area (Å²) in [4.78, 5) is 9.61. The Labute approximate surface area is 148 Å². The first-order chi connectivity index (χ1) is 11.7. The largest absolute Gasteiger partial charge is 0.467 e. The first-order valence-electron chi connectivity index (χ1n) is 7.49. The summed E-state index contributed by atoms with van der Waals surface area (Å²) in [6, 6.07) is 12.2. The van der Waals surface area contributed by atoms with E-state index in [1.54, 1.807) is 17.6 Å². The van der Waals surface area contributed by atoms with Crippen molar-refractivity contribution in [2.45, 2.75) is 13.5 Å². The Hall–Kier alpha value is -2.37. The maximum Gasteiger partial charge on any atom is 0.225 e. The van der Waals surface area contributed by atoms with Gasteiger partial charge in [-0.1, -0.05) is 29.8 Å². The zero-order valence-electron chi connectivity index (χ0n) is 12.9. The molecule has 0 atom stereocenters. The van der Waals surface area contributed by atoms with Crippen molar-refractivity contribution in [1.82, 2.24) is 9.97 Å². The van der Waals surface area contributed by atoms with Crippen molar-refractivity contribution in [2.75, 3.05) is 5.32 Å². The fraction of sp³-hybridized carbons (Fsp3) is 0.111. The molecule has 0 radical (unpaired) electrons. The van der Waals surface area contributed by atoms with Gasteiger partial charge in [-0.2, -0.15) is 0 Å². The number of hydrogen-bond acceptors (Lipinski definition) is 5. The molecule has 24 heavy (non-hydrogen) atoms. The van der Waals surface area contributed by atoms with Gasteiger partial charge in [-0.3, -0.25) is 0 Å². The van der Waals surface area contributed by atoms with E-state index in [0.717, 1.165) is 32.9 Å².